The Labute approximate surface area is 270 Å². The molecule has 224 valence electrons. The van der Waals surface area contributed by atoms with E-state index >= 15 is 0 Å². The lowest BCUT2D eigenvalue weighted by Gasteiger charge is -2.33. The average molecular weight is 703 g/mol. The number of anilines is 1. The second kappa shape index (κ2) is 14.4. The lowest BCUT2D eigenvalue weighted by atomic mass is 10.0. The van der Waals surface area contributed by atoms with Crippen molar-refractivity contribution in [2.45, 2.75) is 30.8 Å². The third-order valence-electron chi connectivity index (χ3n) is 6.86. The van der Waals surface area contributed by atoms with Crippen LogP contribution in [0.1, 0.15) is 16.7 Å². The highest BCUT2D eigenvalue weighted by atomic mass is 79.9. The van der Waals surface area contributed by atoms with Gasteiger partial charge in [0.05, 0.1) is 20.6 Å². The monoisotopic (exact) mass is 701 g/mol. The molecule has 1 N–H and O–H groups in total. The Balaban J connectivity index is 1.80. The molecular formula is C32H30BrCl2N3O4S. The van der Waals surface area contributed by atoms with Gasteiger partial charge in [-0.15, -0.1) is 0 Å². The number of hydrogen-bond donors (Lipinski definition) is 1. The van der Waals surface area contributed by atoms with Crippen LogP contribution in [0.15, 0.2) is 106 Å². The molecule has 0 aliphatic heterocycles. The van der Waals surface area contributed by atoms with Gasteiger partial charge < -0.3 is 10.2 Å². The second-order valence-electron chi connectivity index (χ2n) is 9.89. The van der Waals surface area contributed by atoms with Crippen molar-refractivity contribution in [3.05, 3.63) is 128 Å². The van der Waals surface area contributed by atoms with Gasteiger partial charge in [-0.1, -0.05) is 99.3 Å². The zero-order valence-electron chi connectivity index (χ0n) is 23.5. The number of rotatable bonds is 11. The SMILES string of the molecule is CNC(=O)C(Cc1ccccc1)N(Cc1ccc(Br)cc1)C(=O)CN(c1ccc(Cl)c(Cl)c1)S(=O)(=O)c1ccc(C)cc1. The van der Waals surface area contributed by atoms with Crippen molar-refractivity contribution >= 4 is 66.7 Å². The molecule has 0 saturated heterocycles. The van der Waals surface area contributed by atoms with Crippen molar-refractivity contribution in [2.24, 2.45) is 0 Å². The second-order valence-corrected chi connectivity index (χ2v) is 13.5. The number of halogens is 3. The summed E-state index contributed by atoms with van der Waals surface area (Å²) in [6, 6.07) is 26.5. The summed E-state index contributed by atoms with van der Waals surface area (Å²) >= 11 is 15.9. The topological polar surface area (TPSA) is 86.8 Å². The Bertz CT molecular complexity index is 1690. The van der Waals surface area contributed by atoms with Crippen LogP contribution in [0.2, 0.25) is 10.0 Å². The van der Waals surface area contributed by atoms with Crippen LogP contribution in [-0.4, -0.2) is 44.8 Å². The molecular weight excluding hydrogens is 673 g/mol. The summed E-state index contributed by atoms with van der Waals surface area (Å²) < 4.78 is 29.9. The molecule has 43 heavy (non-hydrogen) atoms. The quantitative estimate of drug-likeness (QED) is 0.190. The van der Waals surface area contributed by atoms with Crippen LogP contribution >= 0.6 is 39.1 Å². The molecule has 4 rings (SSSR count). The zero-order valence-corrected chi connectivity index (χ0v) is 27.4. The number of likely N-dealkylation sites (N-methyl/N-ethyl adjacent to an activating group) is 1. The molecule has 0 aliphatic rings. The molecule has 0 radical (unpaired) electrons. The molecule has 4 aromatic rings. The summed E-state index contributed by atoms with van der Waals surface area (Å²) in [7, 11) is -2.73. The maximum Gasteiger partial charge on any atom is 0.264 e. The van der Waals surface area contributed by atoms with Crippen molar-refractivity contribution in [2.75, 3.05) is 17.9 Å². The number of hydrogen-bond acceptors (Lipinski definition) is 4. The average Bonchev–Trinajstić information content (AvgIpc) is 3.00. The minimum absolute atomic E-state index is 0.00330. The van der Waals surface area contributed by atoms with Crippen LogP contribution < -0.4 is 9.62 Å². The molecule has 2 amide bonds. The highest BCUT2D eigenvalue weighted by Crippen LogP contribution is 2.31. The van der Waals surface area contributed by atoms with Crippen LogP contribution in [0.3, 0.4) is 0 Å². The van der Waals surface area contributed by atoms with Gasteiger partial charge in [-0.05, 0) is 60.5 Å². The van der Waals surface area contributed by atoms with Gasteiger partial charge in [-0.3, -0.25) is 13.9 Å². The highest BCUT2D eigenvalue weighted by molar-refractivity contribution is 9.10. The first-order chi connectivity index (χ1) is 20.5. The fraction of sp³-hybridized carbons (Fsp3) is 0.188. The summed E-state index contributed by atoms with van der Waals surface area (Å²) in [4.78, 5) is 29.0. The number of nitrogens with zero attached hydrogens (tertiary/aromatic N) is 2. The molecule has 1 atom stereocenters. The minimum Gasteiger partial charge on any atom is -0.357 e. The van der Waals surface area contributed by atoms with E-state index < -0.39 is 28.5 Å². The maximum atomic E-state index is 14.3. The Kier molecular flexibility index (Phi) is 10.9. The van der Waals surface area contributed by atoms with E-state index in [0.717, 1.165) is 25.5 Å². The first kappa shape index (κ1) is 32.5. The van der Waals surface area contributed by atoms with Gasteiger partial charge in [0, 0.05) is 24.5 Å². The van der Waals surface area contributed by atoms with Crippen LogP contribution in [0.4, 0.5) is 5.69 Å². The first-order valence-corrected chi connectivity index (χ1v) is 16.3. The lowest BCUT2D eigenvalue weighted by molar-refractivity contribution is -0.139. The number of nitrogens with one attached hydrogen (secondary N) is 1. The smallest absolute Gasteiger partial charge is 0.264 e. The van der Waals surface area contributed by atoms with E-state index in [4.69, 9.17) is 23.2 Å². The number of amides is 2. The van der Waals surface area contributed by atoms with Gasteiger partial charge >= 0.3 is 0 Å². The number of sulfonamides is 1. The fourth-order valence-electron chi connectivity index (χ4n) is 4.51. The van der Waals surface area contributed by atoms with E-state index in [1.807, 2.05) is 61.5 Å². The van der Waals surface area contributed by atoms with Crippen LogP contribution in [0, 0.1) is 6.92 Å². The molecule has 0 bridgehead atoms. The zero-order chi connectivity index (χ0) is 31.1. The molecule has 0 aliphatic carbocycles. The van der Waals surface area contributed by atoms with Crippen molar-refractivity contribution in [3.63, 3.8) is 0 Å². The van der Waals surface area contributed by atoms with Gasteiger partial charge in [0.15, 0.2) is 0 Å². The normalized spacial score (nSPS) is 11.9. The Morgan fingerprint density at radius 3 is 2.12 bits per heavy atom. The number of benzene rings is 4. The molecule has 11 heteroatoms. The van der Waals surface area contributed by atoms with Gasteiger partial charge in [-0.25, -0.2) is 8.42 Å². The third kappa shape index (κ3) is 8.17. The van der Waals surface area contributed by atoms with Crippen molar-refractivity contribution in [1.29, 1.82) is 0 Å². The predicted molar refractivity (Wildman–Crippen MR) is 175 cm³/mol. The largest absolute Gasteiger partial charge is 0.357 e. The van der Waals surface area contributed by atoms with Crippen LogP contribution in [0.25, 0.3) is 0 Å². The standard InChI is InChI=1S/C32H30BrCl2N3O4S/c1-22-8-15-27(16-9-22)43(41,42)38(26-14-17-28(34)29(35)19-26)21-31(39)37(20-24-10-12-25(33)13-11-24)30(32(40)36-2)18-23-6-4-3-5-7-23/h3-17,19,30H,18,20-21H2,1-2H3,(H,36,40). The molecule has 7 nitrogen and oxygen atoms in total. The number of carbonyl (C=O) groups is 2. The van der Waals surface area contributed by atoms with Crippen LogP contribution in [0.5, 0.6) is 0 Å². The molecule has 0 saturated carbocycles. The maximum absolute atomic E-state index is 14.3. The third-order valence-corrected chi connectivity index (χ3v) is 9.92. The van der Waals surface area contributed by atoms with Gasteiger partial charge in [-0.2, -0.15) is 0 Å². The molecule has 0 spiro atoms. The van der Waals surface area contributed by atoms with E-state index in [1.54, 1.807) is 12.1 Å². The van der Waals surface area contributed by atoms with E-state index in [9.17, 15) is 18.0 Å². The molecule has 0 heterocycles. The van der Waals surface area contributed by atoms with Crippen molar-refractivity contribution in [3.8, 4) is 0 Å². The predicted octanol–water partition coefficient (Wildman–Crippen LogP) is 6.65. The van der Waals surface area contributed by atoms with E-state index in [0.29, 0.717) is 0 Å². The lowest BCUT2D eigenvalue weighted by Crippen LogP contribution is -2.53. The molecule has 0 aromatic heterocycles. The fourth-order valence-corrected chi connectivity index (χ4v) is 6.48. The van der Waals surface area contributed by atoms with Crippen LogP contribution in [-0.2, 0) is 32.6 Å². The molecule has 0 fully saturated rings. The van der Waals surface area contributed by atoms with Gasteiger partial charge in [0.25, 0.3) is 10.0 Å². The first-order valence-electron chi connectivity index (χ1n) is 13.3. The van der Waals surface area contributed by atoms with Gasteiger partial charge in [0.1, 0.15) is 12.6 Å². The molecule has 1 unspecified atom stereocenters. The van der Waals surface area contributed by atoms with E-state index in [2.05, 4.69) is 21.2 Å². The number of carbonyl (C=O) groups excluding carboxylic acids is 2. The Hall–Kier alpha value is -3.37. The highest BCUT2D eigenvalue weighted by Gasteiger charge is 2.34. The molecule has 4 aromatic carbocycles. The Morgan fingerprint density at radius 1 is 0.860 bits per heavy atom. The summed E-state index contributed by atoms with van der Waals surface area (Å²) in [6.07, 6.45) is 0.222. The summed E-state index contributed by atoms with van der Waals surface area (Å²) in [5.41, 5.74) is 2.65. The Morgan fingerprint density at radius 2 is 1.51 bits per heavy atom. The summed E-state index contributed by atoms with van der Waals surface area (Å²) in [5, 5.41) is 3.05. The minimum atomic E-state index is -4.24. The van der Waals surface area contributed by atoms with Crippen molar-refractivity contribution in [1.82, 2.24) is 10.2 Å². The van der Waals surface area contributed by atoms with E-state index in [1.165, 1.54) is 42.3 Å². The van der Waals surface area contributed by atoms with E-state index in [-0.39, 0.29) is 39.5 Å². The van der Waals surface area contributed by atoms with Gasteiger partial charge in [0.2, 0.25) is 11.8 Å². The summed E-state index contributed by atoms with van der Waals surface area (Å²) in [6.45, 7) is 1.33. The number of aryl methyl sites for hydroxylation is 1. The van der Waals surface area contributed by atoms with Crippen molar-refractivity contribution < 1.29 is 18.0 Å². The summed E-state index contributed by atoms with van der Waals surface area (Å²) in [5.74, 6) is -0.953.